The third kappa shape index (κ3) is 5.39. The Hall–Kier alpha value is -2.04. The normalized spacial score (nSPS) is 10.7. The van der Waals surface area contributed by atoms with Crippen LogP contribution in [0.5, 0.6) is 11.5 Å². The predicted octanol–water partition coefficient (Wildman–Crippen LogP) is 2.53. The van der Waals surface area contributed by atoms with E-state index in [0.717, 1.165) is 31.1 Å². The minimum atomic E-state index is 0.638. The van der Waals surface area contributed by atoms with E-state index in [0.29, 0.717) is 13.2 Å². The van der Waals surface area contributed by atoms with E-state index in [9.17, 15) is 0 Å². The fourth-order valence-corrected chi connectivity index (χ4v) is 2.26. The highest BCUT2D eigenvalue weighted by Gasteiger charge is 2.05. The van der Waals surface area contributed by atoms with E-state index in [2.05, 4.69) is 29.2 Å². The molecule has 0 aliphatic rings. The predicted molar refractivity (Wildman–Crippen MR) is 89.3 cm³/mol. The van der Waals surface area contributed by atoms with Crippen LogP contribution in [0.1, 0.15) is 5.56 Å². The largest absolute Gasteiger partial charge is 0.497 e. The number of hydrogen-bond donors (Lipinski definition) is 1. The Labute approximate surface area is 132 Å². The van der Waals surface area contributed by atoms with Gasteiger partial charge >= 0.3 is 0 Å². The molecule has 0 aromatic heterocycles. The second-order valence-electron chi connectivity index (χ2n) is 5.07. The summed E-state index contributed by atoms with van der Waals surface area (Å²) in [5, 5.41) is 0. The molecule has 4 heteroatoms. The highest BCUT2D eigenvalue weighted by atomic mass is 16.5. The summed E-state index contributed by atoms with van der Waals surface area (Å²) >= 11 is 0. The zero-order valence-electron chi connectivity index (χ0n) is 13.1. The van der Waals surface area contributed by atoms with Crippen molar-refractivity contribution in [1.82, 2.24) is 4.90 Å². The number of methoxy groups -OCH3 is 1. The summed E-state index contributed by atoms with van der Waals surface area (Å²) in [4.78, 5) is 2.30. The number of ether oxygens (including phenoxy) is 2. The second kappa shape index (κ2) is 9.07. The summed E-state index contributed by atoms with van der Waals surface area (Å²) in [5.74, 6) is 1.69. The lowest BCUT2D eigenvalue weighted by atomic mass is 10.2. The van der Waals surface area contributed by atoms with Crippen molar-refractivity contribution in [3.05, 3.63) is 60.2 Å². The van der Waals surface area contributed by atoms with Crippen LogP contribution in [0.15, 0.2) is 54.6 Å². The molecule has 0 unspecified atom stereocenters. The molecule has 0 radical (unpaired) electrons. The molecule has 2 aromatic carbocycles. The Kier molecular flexibility index (Phi) is 6.74. The molecule has 22 heavy (non-hydrogen) atoms. The summed E-state index contributed by atoms with van der Waals surface area (Å²) in [6.45, 7) is 3.89. The van der Waals surface area contributed by atoms with E-state index >= 15 is 0 Å². The van der Waals surface area contributed by atoms with Crippen molar-refractivity contribution in [1.29, 1.82) is 0 Å². The Bertz CT molecular complexity index is 529. The van der Waals surface area contributed by atoms with E-state index < -0.39 is 0 Å². The van der Waals surface area contributed by atoms with Crippen LogP contribution in [-0.2, 0) is 6.54 Å². The van der Waals surface area contributed by atoms with Gasteiger partial charge in [-0.25, -0.2) is 0 Å². The lowest BCUT2D eigenvalue weighted by Gasteiger charge is -2.21. The third-order valence-electron chi connectivity index (χ3n) is 3.43. The molecule has 0 amide bonds. The van der Waals surface area contributed by atoms with Crippen molar-refractivity contribution >= 4 is 0 Å². The molecule has 2 aromatic rings. The van der Waals surface area contributed by atoms with Crippen LogP contribution >= 0.6 is 0 Å². The number of nitrogens with two attached hydrogens (primary N) is 1. The molecule has 0 saturated heterocycles. The average Bonchev–Trinajstić information content (AvgIpc) is 2.56. The van der Waals surface area contributed by atoms with Gasteiger partial charge in [0.2, 0.25) is 0 Å². The van der Waals surface area contributed by atoms with E-state index in [-0.39, 0.29) is 0 Å². The Morgan fingerprint density at radius 2 is 1.59 bits per heavy atom. The van der Waals surface area contributed by atoms with E-state index in [1.165, 1.54) is 5.56 Å². The van der Waals surface area contributed by atoms with Gasteiger partial charge in [-0.05, 0) is 29.8 Å². The zero-order valence-corrected chi connectivity index (χ0v) is 13.1. The molecule has 0 aliphatic carbocycles. The van der Waals surface area contributed by atoms with Gasteiger partial charge in [-0.1, -0.05) is 30.3 Å². The third-order valence-corrected chi connectivity index (χ3v) is 3.43. The molecule has 118 valence electrons. The molecule has 0 atom stereocenters. The molecule has 2 N–H and O–H groups in total. The summed E-state index contributed by atoms with van der Waals surface area (Å²) in [6, 6.07) is 18.1. The molecule has 0 saturated carbocycles. The summed E-state index contributed by atoms with van der Waals surface area (Å²) < 4.78 is 10.9. The zero-order chi connectivity index (χ0) is 15.6. The number of rotatable bonds is 9. The van der Waals surface area contributed by atoms with Gasteiger partial charge in [0, 0.05) is 26.2 Å². The van der Waals surface area contributed by atoms with Gasteiger partial charge < -0.3 is 15.2 Å². The first-order valence-corrected chi connectivity index (χ1v) is 7.55. The Morgan fingerprint density at radius 3 is 2.23 bits per heavy atom. The van der Waals surface area contributed by atoms with Crippen LogP contribution in [0, 0.1) is 0 Å². The standard InChI is InChI=1S/C18H24N2O2/c1-21-17-7-9-18(10-8-17)22-14-13-20(12-11-19)15-16-5-3-2-4-6-16/h2-10H,11-15,19H2,1H3. The topological polar surface area (TPSA) is 47.7 Å². The summed E-state index contributed by atoms with van der Waals surface area (Å²) in [7, 11) is 1.66. The van der Waals surface area contributed by atoms with Crippen LogP contribution in [0.2, 0.25) is 0 Å². The highest BCUT2D eigenvalue weighted by molar-refractivity contribution is 5.31. The Morgan fingerprint density at radius 1 is 0.909 bits per heavy atom. The van der Waals surface area contributed by atoms with Gasteiger partial charge in [0.25, 0.3) is 0 Å². The number of benzene rings is 2. The lowest BCUT2D eigenvalue weighted by Crippen LogP contribution is -2.32. The van der Waals surface area contributed by atoms with Crippen molar-refractivity contribution in [2.24, 2.45) is 5.73 Å². The number of hydrogen-bond acceptors (Lipinski definition) is 4. The molecule has 0 spiro atoms. The van der Waals surface area contributed by atoms with Crippen molar-refractivity contribution in [3.63, 3.8) is 0 Å². The van der Waals surface area contributed by atoms with E-state index in [1.54, 1.807) is 7.11 Å². The molecular weight excluding hydrogens is 276 g/mol. The second-order valence-corrected chi connectivity index (χ2v) is 5.07. The highest BCUT2D eigenvalue weighted by Crippen LogP contribution is 2.17. The van der Waals surface area contributed by atoms with E-state index in [4.69, 9.17) is 15.2 Å². The van der Waals surface area contributed by atoms with Crippen molar-refractivity contribution < 1.29 is 9.47 Å². The Balaban J connectivity index is 1.80. The molecule has 0 fully saturated rings. The summed E-state index contributed by atoms with van der Waals surface area (Å²) in [5.41, 5.74) is 6.99. The van der Waals surface area contributed by atoms with Crippen molar-refractivity contribution in [2.75, 3.05) is 33.4 Å². The van der Waals surface area contributed by atoms with Gasteiger partial charge in [0.15, 0.2) is 0 Å². The van der Waals surface area contributed by atoms with Crippen LogP contribution in [-0.4, -0.2) is 38.3 Å². The fourth-order valence-electron chi connectivity index (χ4n) is 2.26. The minimum absolute atomic E-state index is 0.638. The molecule has 2 rings (SSSR count). The monoisotopic (exact) mass is 300 g/mol. The maximum absolute atomic E-state index is 5.78. The van der Waals surface area contributed by atoms with Crippen molar-refractivity contribution in [3.8, 4) is 11.5 Å². The first kappa shape index (κ1) is 16.3. The SMILES string of the molecule is COc1ccc(OCCN(CCN)Cc2ccccc2)cc1. The molecular formula is C18H24N2O2. The quantitative estimate of drug-likeness (QED) is 0.773. The smallest absolute Gasteiger partial charge is 0.119 e. The first-order valence-electron chi connectivity index (χ1n) is 7.55. The van der Waals surface area contributed by atoms with Gasteiger partial charge in [-0.15, -0.1) is 0 Å². The minimum Gasteiger partial charge on any atom is -0.497 e. The van der Waals surface area contributed by atoms with Crippen LogP contribution in [0.4, 0.5) is 0 Å². The molecule has 0 aliphatic heterocycles. The number of nitrogens with zero attached hydrogens (tertiary/aromatic N) is 1. The lowest BCUT2D eigenvalue weighted by molar-refractivity contribution is 0.206. The van der Waals surface area contributed by atoms with Crippen molar-refractivity contribution in [2.45, 2.75) is 6.54 Å². The molecule has 0 heterocycles. The van der Waals surface area contributed by atoms with Gasteiger partial charge in [0.05, 0.1) is 7.11 Å². The first-order chi connectivity index (χ1) is 10.8. The van der Waals surface area contributed by atoms with E-state index in [1.807, 2.05) is 30.3 Å². The van der Waals surface area contributed by atoms with Gasteiger partial charge in [-0.2, -0.15) is 0 Å². The van der Waals surface area contributed by atoms with Crippen LogP contribution in [0.25, 0.3) is 0 Å². The van der Waals surface area contributed by atoms with Crippen LogP contribution in [0.3, 0.4) is 0 Å². The average molecular weight is 300 g/mol. The van der Waals surface area contributed by atoms with Gasteiger partial charge in [-0.3, -0.25) is 4.90 Å². The van der Waals surface area contributed by atoms with Crippen LogP contribution < -0.4 is 15.2 Å². The molecule has 4 nitrogen and oxygen atoms in total. The summed E-state index contributed by atoms with van der Waals surface area (Å²) in [6.07, 6.45) is 0. The maximum atomic E-state index is 5.78. The fraction of sp³-hybridized carbons (Fsp3) is 0.333. The maximum Gasteiger partial charge on any atom is 0.119 e. The van der Waals surface area contributed by atoms with Gasteiger partial charge in [0.1, 0.15) is 18.1 Å². The molecule has 0 bridgehead atoms.